The number of oxazole rings is 1. The highest BCUT2D eigenvalue weighted by Gasteiger charge is 2.35. The van der Waals surface area contributed by atoms with Crippen molar-refractivity contribution in [1.29, 1.82) is 0 Å². The Balaban J connectivity index is 1.37. The number of fused-ring (bicyclic) bond motifs is 2. The number of carbonyl (C=O) groups excluding carboxylic acids is 1. The van der Waals surface area contributed by atoms with E-state index in [1.165, 1.54) is 29.0 Å². The first-order valence-corrected chi connectivity index (χ1v) is 16.8. The Labute approximate surface area is 267 Å². The van der Waals surface area contributed by atoms with Gasteiger partial charge in [-0.1, -0.05) is 36.4 Å². The minimum Gasteiger partial charge on any atom is -0.472 e. The van der Waals surface area contributed by atoms with Gasteiger partial charge in [-0.2, -0.15) is 4.31 Å². The molecule has 6 rings (SSSR count). The molecule has 5 aromatic rings. The molecule has 3 aromatic heterocycles. The van der Waals surface area contributed by atoms with Crippen molar-refractivity contribution >= 4 is 27.0 Å². The maximum atomic E-state index is 13.9. The number of nitrogens with one attached hydrogen (secondary N) is 1. The van der Waals surface area contributed by atoms with E-state index in [2.05, 4.69) is 25.6 Å². The van der Waals surface area contributed by atoms with Crippen LogP contribution in [0.4, 0.5) is 0 Å². The van der Waals surface area contributed by atoms with E-state index in [9.17, 15) is 13.2 Å². The third-order valence-electron chi connectivity index (χ3n) is 8.58. The number of hydrogen-bond donors (Lipinski definition) is 1. The van der Waals surface area contributed by atoms with Crippen molar-refractivity contribution in [3.05, 3.63) is 94.8 Å². The summed E-state index contributed by atoms with van der Waals surface area (Å²) in [6, 6.07) is 13.2. The second-order valence-corrected chi connectivity index (χ2v) is 13.4. The molecule has 240 valence electrons. The summed E-state index contributed by atoms with van der Waals surface area (Å²) in [5.41, 5.74) is 6.25. The number of nitrogens with zero attached hydrogens (tertiary/aromatic N) is 6. The van der Waals surface area contributed by atoms with Gasteiger partial charge in [-0.05, 0) is 73.2 Å². The lowest BCUT2D eigenvalue weighted by Crippen LogP contribution is -2.36. The first-order chi connectivity index (χ1) is 22.2. The maximum Gasteiger partial charge on any atom is 0.248 e. The molecule has 1 amide bonds. The van der Waals surface area contributed by atoms with E-state index in [1.807, 2.05) is 62.7 Å². The van der Waals surface area contributed by atoms with Crippen molar-refractivity contribution in [3.63, 3.8) is 0 Å². The molecule has 0 saturated heterocycles. The van der Waals surface area contributed by atoms with Crippen molar-refractivity contribution in [3.8, 4) is 5.88 Å². The molecule has 2 atom stereocenters. The molecule has 1 aliphatic rings. The Morgan fingerprint density at radius 3 is 2.72 bits per heavy atom. The number of pyridine rings is 1. The van der Waals surface area contributed by atoms with Gasteiger partial charge in [-0.25, -0.2) is 23.1 Å². The van der Waals surface area contributed by atoms with E-state index >= 15 is 0 Å². The molecule has 0 bridgehead atoms. The number of amides is 1. The van der Waals surface area contributed by atoms with Crippen LogP contribution in [-0.2, 0) is 34.5 Å². The molecule has 0 saturated carbocycles. The molecule has 2 aromatic carbocycles. The molecule has 1 aliphatic heterocycles. The van der Waals surface area contributed by atoms with Crippen molar-refractivity contribution in [2.75, 3.05) is 6.54 Å². The van der Waals surface area contributed by atoms with Crippen molar-refractivity contribution in [2.24, 2.45) is 0 Å². The van der Waals surface area contributed by atoms with Gasteiger partial charge < -0.3 is 14.5 Å². The summed E-state index contributed by atoms with van der Waals surface area (Å²) in [4.78, 5) is 21.7. The average molecular weight is 644 g/mol. The van der Waals surface area contributed by atoms with E-state index < -0.39 is 10.0 Å². The molecule has 0 unspecified atom stereocenters. The molecule has 0 aliphatic carbocycles. The van der Waals surface area contributed by atoms with Crippen molar-refractivity contribution in [1.82, 2.24) is 34.6 Å². The number of sulfonamides is 1. The van der Waals surface area contributed by atoms with E-state index in [1.54, 1.807) is 6.07 Å². The zero-order chi connectivity index (χ0) is 32.4. The first kappa shape index (κ1) is 31.4. The summed E-state index contributed by atoms with van der Waals surface area (Å²) < 4.78 is 42.4. The monoisotopic (exact) mass is 643 g/mol. The molecule has 0 spiro atoms. The fourth-order valence-electron chi connectivity index (χ4n) is 5.92. The Bertz CT molecular complexity index is 1970. The predicted molar refractivity (Wildman–Crippen MR) is 170 cm³/mol. The summed E-state index contributed by atoms with van der Waals surface area (Å²) in [5.74, 6) is 0.0202. The van der Waals surface area contributed by atoms with Gasteiger partial charge in [0, 0.05) is 31.6 Å². The Morgan fingerprint density at radius 2 is 1.96 bits per heavy atom. The van der Waals surface area contributed by atoms with Gasteiger partial charge in [0.15, 0.2) is 0 Å². The van der Waals surface area contributed by atoms with E-state index in [-0.39, 0.29) is 54.8 Å². The lowest BCUT2D eigenvalue weighted by molar-refractivity contribution is -0.121. The number of ether oxygens (including phenoxy) is 1. The van der Waals surface area contributed by atoms with Crippen LogP contribution >= 0.6 is 0 Å². The zero-order valence-corrected chi connectivity index (χ0v) is 27.1. The van der Waals surface area contributed by atoms with E-state index in [0.29, 0.717) is 18.9 Å². The summed E-state index contributed by atoms with van der Waals surface area (Å²) in [6.45, 7) is 9.13. The Morgan fingerprint density at radius 1 is 1.11 bits per heavy atom. The van der Waals surface area contributed by atoms with Gasteiger partial charge in [0.1, 0.15) is 22.8 Å². The number of hydrogen-bond acceptors (Lipinski definition) is 9. The quantitative estimate of drug-likeness (QED) is 0.230. The van der Waals surface area contributed by atoms with Crippen molar-refractivity contribution < 1.29 is 22.4 Å². The summed E-state index contributed by atoms with van der Waals surface area (Å²) in [6.07, 6.45) is 4.96. The molecule has 46 heavy (non-hydrogen) atoms. The minimum atomic E-state index is -3.89. The number of aromatic nitrogens is 5. The van der Waals surface area contributed by atoms with Crippen LogP contribution in [0.5, 0.6) is 5.88 Å². The molecule has 4 heterocycles. The van der Waals surface area contributed by atoms with Crippen LogP contribution in [0.3, 0.4) is 0 Å². The molecule has 0 radical (unpaired) electrons. The van der Waals surface area contributed by atoms with Crippen LogP contribution in [0, 0.1) is 13.8 Å². The molecular formula is C33H37N7O5S. The van der Waals surface area contributed by atoms with E-state index in [4.69, 9.17) is 9.15 Å². The van der Waals surface area contributed by atoms with Crippen LogP contribution in [0.2, 0.25) is 0 Å². The molecule has 12 nitrogen and oxygen atoms in total. The lowest BCUT2D eigenvalue weighted by Gasteiger charge is -2.25. The molecule has 13 heteroatoms. The van der Waals surface area contributed by atoms with Crippen molar-refractivity contribution in [2.45, 2.75) is 77.1 Å². The zero-order valence-electron chi connectivity index (χ0n) is 26.3. The number of benzene rings is 2. The van der Waals surface area contributed by atoms with Crippen LogP contribution < -0.4 is 10.1 Å². The first-order valence-electron chi connectivity index (χ1n) is 15.4. The van der Waals surface area contributed by atoms with Crippen LogP contribution in [0.15, 0.2) is 70.4 Å². The second-order valence-electron chi connectivity index (χ2n) is 11.5. The van der Waals surface area contributed by atoms with E-state index in [0.717, 1.165) is 38.9 Å². The maximum absolute atomic E-state index is 13.9. The number of carbonyl (C=O) groups is 1. The Kier molecular flexibility index (Phi) is 8.87. The fraction of sp³-hybridized carbons (Fsp3) is 0.364. The lowest BCUT2D eigenvalue weighted by atomic mass is 9.84. The SMILES string of the molecule is CC[C@@H]1CN(Cc2cc([C@H](CC(=O)NCc3ncco3)c3ccc4c(nnn4CC)c3C)ccc2C)S(=O)(=O)c2cccnc2O1. The molecular weight excluding hydrogens is 606 g/mol. The smallest absolute Gasteiger partial charge is 0.248 e. The highest BCUT2D eigenvalue weighted by Crippen LogP contribution is 2.36. The van der Waals surface area contributed by atoms with Gasteiger partial charge in [0.25, 0.3) is 0 Å². The highest BCUT2D eigenvalue weighted by atomic mass is 32.2. The standard InChI is InChI=1S/C33H37N7O5S/c1-5-25-20-39(46(42,43)29-8-7-13-35-33(29)45-25)19-24-16-23(10-9-21(24)3)27(17-30(41)36-18-31-34-14-15-44-31)26-11-12-28-32(22(26)4)37-38-40(28)6-2/h7-16,25,27H,5-6,17-20H2,1-4H3,(H,36,41)/t25-,27+/m1/s1. The largest absolute Gasteiger partial charge is 0.472 e. The number of aryl methyl sites for hydroxylation is 3. The van der Waals surface area contributed by atoms with Gasteiger partial charge >= 0.3 is 0 Å². The van der Waals surface area contributed by atoms with Crippen LogP contribution in [0.25, 0.3) is 11.0 Å². The normalized spacial score (nSPS) is 16.8. The highest BCUT2D eigenvalue weighted by molar-refractivity contribution is 7.89. The third-order valence-corrected chi connectivity index (χ3v) is 10.4. The predicted octanol–water partition coefficient (Wildman–Crippen LogP) is 4.65. The van der Waals surface area contributed by atoms with Gasteiger partial charge in [0.2, 0.25) is 27.7 Å². The Hall–Kier alpha value is -4.62. The molecule has 0 fully saturated rings. The topological polar surface area (TPSA) is 145 Å². The minimum absolute atomic E-state index is 0.0596. The fourth-order valence-corrected chi connectivity index (χ4v) is 7.45. The number of rotatable bonds is 10. The van der Waals surface area contributed by atoms with Crippen LogP contribution in [-0.4, -0.2) is 56.2 Å². The molecule has 1 N–H and O–H groups in total. The van der Waals surface area contributed by atoms with Crippen LogP contribution in [0.1, 0.15) is 66.3 Å². The second kappa shape index (κ2) is 13.0. The summed E-state index contributed by atoms with van der Waals surface area (Å²) in [7, 11) is -3.89. The van der Waals surface area contributed by atoms with Gasteiger partial charge in [0.05, 0.1) is 24.8 Å². The van der Waals surface area contributed by atoms with Gasteiger partial charge in [-0.15, -0.1) is 5.10 Å². The summed E-state index contributed by atoms with van der Waals surface area (Å²) in [5, 5.41) is 11.7. The summed E-state index contributed by atoms with van der Waals surface area (Å²) >= 11 is 0. The third kappa shape index (κ3) is 6.12. The van der Waals surface area contributed by atoms with Gasteiger partial charge in [-0.3, -0.25) is 4.79 Å². The average Bonchev–Trinajstić information content (AvgIpc) is 3.72.